The Hall–Kier alpha value is 0.250. The second-order valence-electron chi connectivity index (χ2n) is 2.11. The molecule has 2 unspecified atom stereocenters. The molecule has 1 saturated carbocycles. The van der Waals surface area contributed by atoms with Crippen LogP contribution in [0.2, 0.25) is 0 Å². The van der Waals surface area contributed by atoms with Crippen molar-refractivity contribution in [2.24, 2.45) is 5.92 Å². The van der Waals surface area contributed by atoms with Crippen LogP contribution in [0.15, 0.2) is 0 Å². The molecule has 0 aromatic rings. The Labute approximate surface area is 50.9 Å². The molecule has 0 aliphatic heterocycles. The van der Waals surface area contributed by atoms with E-state index in [1.165, 1.54) is 6.42 Å². The number of hydrogen-bond donors (Lipinski definition) is 1. The van der Waals surface area contributed by atoms with Gasteiger partial charge in [0.15, 0.2) is 0 Å². The van der Waals surface area contributed by atoms with Crippen molar-refractivity contribution in [1.29, 1.82) is 0 Å². The van der Waals surface area contributed by atoms with Crippen molar-refractivity contribution < 1.29 is 0 Å². The molecular weight excluding hydrogens is 110 g/mol. The van der Waals surface area contributed by atoms with Crippen molar-refractivity contribution in [2.45, 2.75) is 19.4 Å². The maximum Gasteiger partial charge on any atom is 0.00933 e. The van der Waals surface area contributed by atoms with Gasteiger partial charge in [0.25, 0.3) is 0 Å². The van der Waals surface area contributed by atoms with Crippen molar-refractivity contribution in [3.8, 4) is 0 Å². The zero-order chi connectivity index (χ0) is 4.57. The summed E-state index contributed by atoms with van der Waals surface area (Å²) in [7, 11) is 2.02. The molecular formula is C5H12ClN. The average Bonchev–Trinajstić information content (AvgIpc) is 2.19. The fraction of sp³-hybridized carbons (Fsp3) is 1.00. The van der Waals surface area contributed by atoms with E-state index in [9.17, 15) is 0 Å². The molecule has 0 bridgehead atoms. The van der Waals surface area contributed by atoms with Crippen LogP contribution in [0.5, 0.6) is 0 Å². The van der Waals surface area contributed by atoms with Crippen LogP contribution in [-0.4, -0.2) is 13.1 Å². The molecule has 0 radical (unpaired) electrons. The topological polar surface area (TPSA) is 12.0 Å². The monoisotopic (exact) mass is 121 g/mol. The van der Waals surface area contributed by atoms with Crippen LogP contribution in [0, 0.1) is 5.92 Å². The van der Waals surface area contributed by atoms with Gasteiger partial charge in [0.1, 0.15) is 0 Å². The first kappa shape index (κ1) is 7.25. The Morgan fingerprint density at radius 3 is 2.00 bits per heavy atom. The highest BCUT2D eigenvalue weighted by molar-refractivity contribution is 5.85. The lowest BCUT2D eigenvalue weighted by Gasteiger charge is -1.84. The number of halogens is 1. The van der Waals surface area contributed by atoms with E-state index in [-0.39, 0.29) is 12.4 Å². The van der Waals surface area contributed by atoms with E-state index in [0.29, 0.717) is 0 Å². The van der Waals surface area contributed by atoms with Crippen molar-refractivity contribution in [3.05, 3.63) is 0 Å². The molecule has 1 nitrogen and oxygen atoms in total. The summed E-state index contributed by atoms with van der Waals surface area (Å²) in [5, 5.41) is 3.19. The van der Waals surface area contributed by atoms with Crippen molar-refractivity contribution in [1.82, 2.24) is 5.32 Å². The van der Waals surface area contributed by atoms with Gasteiger partial charge in [0.2, 0.25) is 0 Å². The van der Waals surface area contributed by atoms with Crippen molar-refractivity contribution in [3.63, 3.8) is 0 Å². The Balaban J connectivity index is 0.000000360. The maximum absolute atomic E-state index is 3.19. The van der Waals surface area contributed by atoms with E-state index >= 15 is 0 Å². The Kier molecular flexibility index (Phi) is 2.62. The number of nitrogens with one attached hydrogen (secondary N) is 1. The largest absolute Gasteiger partial charge is 0.317 e. The first-order chi connectivity index (χ1) is 2.84. The van der Waals surface area contributed by atoms with Gasteiger partial charge in [-0.2, -0.15) is 0 Å². The number of hydrogen-bond acceptors (Lipinski definition) is 1. The number of rotatable bonds is 1. The quantitative estimate of drug-likeness (QED) is 0.547. The fourth-order valence-electron chi connectivity index (χ4n) is 0.724. The molecule has 1 fully saturated rings. The van der Waals surface area contributed by atoms with Gasteiger partial charge in [0.05, 0.1) is 0 Å². The summed E-state index contributed by atoms with van der Waals surface area (Å²) < 4.78 is 0. The summed E-state index contributed by atoms with van der Waals surface area (Å²) in [4.78, 5) is 0. The summed E-state index contributed by atoms with van der Waals surface area (Å²) in [5.41, 5.74) is 0. The lowest BCUT2D eigenvalue weighted by Crippen LogP contribution is -2.09. The van der Waals surface area contributed by atoms with Crippen LogP contribution in [0.4, 0.5) is 0 Å². The molecule has 2 heteroatoms. The summed E-state index contributed by atoms with van der Waals surface area (Å²) in [5.74, 6) is 0.954. The van der Waals surface area contributed by atoms with Crippen LogP contribution in [0.25, 0.3) is 0 Å². The molecule has 2 atom stereocenters. The normalized spacial score (nSPS) is 36.9. The standard InChI is InChI=1S/C5H11N.ClH/c1-4-3-5(4)6-2;/h4-6H,3H2,1-2H3;1H. The van der Waals surface area contributed by atoms with Gasteiger partial charge in [-0.3, -0.25) is 0 Å². The second-order valence-corrected chi connectivity index (χ2v) is 2.11. The predicted octanol–water partition coefficient (Wildman–Crippen LogP) is 1.04. The minimum Gasteiger partial charge on any atom is -0.317 e. The molecule has 44 valence electrons. The Morgan fingerprint density at radius 2 is 2.00 bits per heavy atom. The minimum absolute atomic E-state index is 0. The maximum atomic E-state index is 3.19. The van der Waals surface area contributed by atoms with E-state index in [0.717, 1.165) is 12.0 Å². The Bertz CT molecular complexity index is 54.0. The molecule has 0 saturated heterocycles. The molecule has 1 aliphatic rings. The van der Waals surface area contributed by atoms with E-state index in [1.807, 2.05) is 7.05 Å². The third-order valence-electron chi connectivity index (χ3n) is 1.48. The van der Waals surface area contributed by atoms with Gasteiger partial charge in [-0.1, -0.05) is 6.92 Å². The zero-order valence-corrected chi connectivity index (χ0v) is 5.59. The Morgan fingerprint density at radius 1 is 1.57 bits per heavy atom. The molecule has 0 spiro atoms. The van der Waals surface area contributed by atoms with Crippen LogP contribution in [-0.2, 0) is 0 Å². The highest BCUT2D eigenvalue weighted by atomic mass is 35.5. The minimum atomic E-state index is 0. The molecule has 0 aromatic carbocycles. The lowest BCUT2D eigenvalue weighted by molar-refractivity contribution is 0.747. The molecule has 1 aliphatic carbocycles. The molecule has 1 N–H and O–H groups in total. The first-order valence-corrected chi connectivity index (χ1v) is 2.52. The van der Waals surface area contributed by atoms with Gasteiger partial charge in [-0.25, -0.2) is 0 Å². The van der Waals surface area contributed by atoms with Gasteiger partial charge >= 0.3 is 0 Å². The van der Waals surface area contributed by atoms with Crippen molar-refractivity contribution in [2.75, 3.05) is 7.05 Å². The summed E-state index contributed by atoms with van der Waals surface area (Å²) >= 11 is 0. The van der Waals surface area contributed by atoms with E-state index in [1.54, 1.807) is 0 Å². The highest BCUT2D eigenvalue weighted by Crippen LogP contribution is 2.27. The molecule has 0 heterocycles. The summed E-state index contributed by atoms with van der Waals surface area (Å²) in [6.07, 6.45) is 1.39. The second kappa shape index (κ2) is 2.53. The first-order valence-electron chi connectivity index (χ1n) is 2.52. The van der Waals surface area contributed by atoms with Gasteiger partial charge in [-0.15, -0.1) is 12.4 Å². The molecule has 1 rings (SSSR count). The van der Waals surface area contributed by atoms with Crippen LogP contribution < -0.4 is 5.32 Å². The lowest BCUT2D eigenvalue weighted by atomic mass is 10.5. The fourth-order valence-corrected chi connectivity index (χ4v) is 0.724. The third-order valence-corrected chi connectivity index (χ3v) is 1.48. The SMILES string of the molecule is CNC1CC1C.Cl. The van der Waals surface area contributed by atoms with E-state index in [2.05, 4.69) is 12.2 Å². The van der Waals surface area contributed by atoms with E-state index in [4.69, 9.17) is 0 Å². The van der Waals surface area contributed by atoms with Crippen LogP contribution >= 0.6 is 12.4 Å². The summed E-state index contributed by atoms with van der Waals surface area (Å²) in [6, 6.07) is 0.852. The summed E-state index contributed by atoms with van der Waals surface area (Å²) in [6.45, 7) is 2.27. The van der Waals surface area contributed by atoms with Gasteiger partial charge < -0.3 is 5.32 Å². The average molecular weight is 122 g/mol. The molecule has 7 heavy (non-hydrogen) atoms. The predicted molar refractivity (Wildman–Crippen MR) is 33.9 cm³/mol. The highest BCUT2D eigenvalue weighted by Gasteiger charge is 2.29. The van der Waals surface area contributed by atoms with Gasteiger partial charge in [-0.05, 0) is 19.4 Å². The van der Waals surface area contributed by atoms with Gasteiger partial charge in [0, 0.05) is 6.04 Å². The van der Waals surface area contributed by atoms with Crippen LogP contribution in [0.3, 0.4) is 0 Å². The van der Waals surface area contributed by atoms with Crippen molar-refractivity contribution >= 4 is 12.4 Å². The smallest absolute Gasteiger partial charge is 0.00933 e. The third kappa shape index (κ3) is 1.66. The van der Waals surface area contributed by atoms with E-state index < -0.39 is 0 Å². The zero-order valence-electron chi connectivity index (χ0n) is 4.77. The molecule has 0 aromatic heterocycles. The molecule has 0 amide bonds. The van der Waals surface area contributed by atoms with Crippen LogP contribution in [0.1, 0.15) is 13.3 Å².